The van der Waals surface area contributed by atoms with E-state index in [9.17, 15) is 21.6 Å². The summed E-state index contributed by atoms with van der Waals surface area (Å²) in [5.41, 5.74) is 2.15. The molecule has 0 saturated heterocycles. The van der Waals surface area contributed by atoms with E-state index < -0.39 is 20.0 Å². The van der Waals surface area contributed by atoms with Crippen molar-refractivity contribution in [2.75, 3.05) is 27.1 Å². The molecule has 3 aromatic carbocycles. The van der Waals surface area contributed by atoms with Gasteiger partial charge >= 0.3 is 0 Å². The molecule has 11 heteroatoms. The number of amides is 1. The van der Waals surface area contributed by atoms with Crippen LogP contribution in [-0.4, -0.2) is 35.5 Å². The van der Waals surface area contributed by atoms with E-state index in [4.69, 9.17) is 11.6 Å². The van der Waals surface area contributed by atoms with Gasteiger partial charge in [-0.25, -0.2) is 16.8 Å². The Balaban J connectivity index is 1.58. The van der Waals surface area contributed by atoms with Gasteiger partial charge in [0.2, 0.25) is 15.9 Å². The predicted octanol–water partition coefficient (Wildman–Crippen LogP) is 4.63. The molecule has 35 heavy (non-hydrogen) atoms. The number of halogens is 1. The second-order valence-electron chi connectivity index (χ2n) is 7.91. The van der Waals surface area contributed by atoms with E-state index in [1.807, 2.05) is 6.07 Å². The lowest BCUT2D eigenvalue weighted by molar-refractivity contribution is -0.116. The van der Waals surface area contributed by atoms with Gasteiger partial charge in [0, 0.05) is 23.7 Å². The first kappa shape index (κ1) is 26.5. The number of hydrogen-bond acceptors (Lipinski definition) is 5. The van der Waals surface area contributed by atoms with Crippen LogP contribution in [0.25, 0.3) is 0 Å². The molecule has 0 aliphatic carbocycles. The van der Waals surface area contributed by atoms with Crippen LogP contribution >= 0.6 is 11.6 Å². The Bertz CT molecular complexity index is 1410. The van der Waals surface area contributed by atoms with E-state index in [-0.39, 0.29) is 30.2 Å². The fraction of sp³-hybridized carbons (Fsp3) is 0.208. The molecule has 0 spiro atoms. The van der Waals surface area contributed by atoms with Crippen LogP contribution in [0.3, 0.4) is 0 Å². The van der Waals surface area contributed by atoms with E-state index in [1.54, 1.807) is 49.4 Å². The number of para-hydroxylation sites is 1. The van der Waals surface area contributed by atoms with Crippen molar-refractivity contribution in [1.29, 1.82) is 0 Å². The molecule has 0 aromatic heterocycles. The first-order chi connectivity index (χ1) is 16.5. The Morgan fingerprint density at radius 3 is 2.26 bits per heavy atom. The topological polar surface area (TPSA) is 113 Å². The molecule has 0 heterocycles. The Morgan fingerprint density at radius 2 is 1.63 bits per heavy atom. The average Bonchev–Trinajstić information content (AvgIpc) is 2.78. The summed E-state index contributed by atoms with van der Waals surface area (Å²) in [6.45, 7) is 1.91. The van der Waals surface area contributed by atoms with E-state index in [0.717, 1.165) is 11.8 Å². The maximum absolute atomic E-state index is 12.7. The van der Waals surface area contributed by atoms with Crippen molar-refractivity contribution in [3.8, 4) is 0 Å². The molecule has 8 nitrogen and oxygen atoms in total. The minimum atomic E-state index is -3.78. The highest BCUT2D eigenvalue weighted by molar-refractivity contribution is 7.92. The smallest absolute Gasteiger partial charge is 0.261 e. The molecule has 0 bridgehead atoms. The van der Waals surface area contributed by atoms with Crippen LogP contribution in [0.2, 0.25) is 5.02 Å². The van der Waals surface area contributed by atoms with Crippen LogP contribution in [-0.2, 0) is 24.8 Å². The van der Waals surface area contributed by atoms with Crippen molar-refractivity contribution in [3.05, 3.63) is 83.4 Å². The Kier molecular flexibility index (Phi) is 8.42. The van der Waals surface area contributed by atoms with Crippen LogP contribution in [0.1, 0.15) is 18.4 Å². The molecule has 0 unspecified atom stereocenters. The third-order valence-electron chi connectivity index (χ3n) is 5.10. The van der Waals surface area contributed by atoms with Crippen molar-refractivity contribution in [2.45, 2.75) is 24.7 Å². The fourth-order valence-corrected chi connectivity index (χ4v) is 5.61. The first-order valence-electron chi connectivity index (χ1n) is 10.7. The number of carbonyl (C=O) groups is 1. The average molecular weight is 536 g/mol. The lowest BCUT2D eigenvalue weighted by Crippen LogP contribution is -2.31. The summed E-state index contributed by atoms with van der Waals surface area (Å²) < 4.78 is 53.4. The standard InChI is InChI=1S/C24H26ClN3O5S2/c1-18-7-3-4-10-23(18)27-35(32,33)22-14-12-20(13-15-22)26-24(29)11-6-16-28(34(2,30)31)21-9-5-8-19(25)17-21/h3-5,7-10,12-15,17,27H,6,11,16H2,1-2H3,(H,26,29). The lowest BCUT2D eigenvalue weighted by Gasteiger charge is -2.22. The maximum atomic E-state index is 12.7. The third-order valence-corrected chi connectivity index (χ3v) is 7.91. The molecule has 3 aromatic rings. The number of rotatable bonds is 10. The molecule has 0 atom stereocenters. The minimum absolute atomic E-state index is 0.0593. The van der Waals surface area contributed by atoms with Crippen LogP contribution in [0.15, 0.2) is 77.7 Å². The van der Waals surface area contributed by atoms with E-state index in [0.29, 0.717) is 22.1 Å². The second kappa shape index (κ2) is 11.1. The Hall–Kier alpha value is -3.08. The lowest BCUT2D eigenvalue weighted by atomic mass is 10.2. The molecule has 2 N–H and O–H groups in total. The second-order valence-corrected chi connectivity index (χ2v) is 11.9. The van der Waals surface area contributed by atoms with Gasteiger partial charge < -0.3 is 5.32 Å². The van der Waals surface area contributed by atoms with Gasteiger partial charge in [0.05, 0.1) is 22.5 Å². The van der Waals surface area contributed by atoms with Gasteiger partial charge in [-0.05, 0) is 67.4 Å². The quantitative estimate of drug-likeness (QED) is 0.393. The summed E-state index contributed by atoms with van der Waals surface area (Å²) in [7, 11) is -7.34. The summed E-state index contributed by atoms with van der Waals surface area (Å²) in [5.74, 6) is -0.321. The normalized spacial score (nSPS) is 11.6. The van der Waals surface area contributed by atoms with Gasteiger partial charge in [0.1, 0.15) is 0 Å². The van der Waals surface area contributed by atoms with Crippen LogP contribution in [0, 0.1) is 6.92 Å². The van der Waals surface area contributed by atoms with E-state index in [2.05, 4.69) is 10.0 Å². The van der Waals surface area contributed by atoms with Crippen molar-refractivity contribution < 1.29 is 21.6 Å². The molecule has 0 saturated carbocycles. The number of hydrogen-bond donors (Lipinski definition) is 2. The van der Waals surface area contributed by atoms with Crippen molar-refractivity contribution >= 4 is 54.6 Å². The largest absolute Gasteiger partial charge is 0.326 e. The van der Waals surface area contributed by atoms with Crippen LogP contribution in [0.4, 0.5) is 17.1 Å². The van der Waals surface area contributed by atoms with Crippen molar-refractivity contribution in [3.63, 3.8) is 0 Å². The maximum Gasteiger partial charge on any atom is 0.261 e. The SMILES string of the molecule is Cc1ccccc1NS(=O)(=O)c1ccc(NC(=O)CCCN(c2cccc(Cl)c2)S(C)(=O)=O)cc1. The molecule has 0 fully saturated rings. The zero-order valence-corrected chi connectivity index (χ0v) is 21.6. The van der Waals surface area contributed by atoms with Gasteiger partial charge in [-0.2, -0.15) is 0 Å². The third kappa shape index (κ3) is 7.45. The number of nitrogens with one attached hydrogen (secondary N) is 2. The highest BCUT2D eigenvalue weighted by atomic mass is 35.5. The molecule has 0 aliphatic rings. The molecule has 1 amide bonds. The summed E-state index contributed by atoms with van der Waals surface area (Å²) >= 11 is 5.97. The number of nitrogens with zero attached hydrogens (tertiary/aromatic N) is 1. The van der Waals surface area contributed by atoms with Crippen LogP contribution in [0.5, 0.6) is 0 Å². The number of sulfonamides is 2. The van der Waals surface area contributed by atoms with Gasteiger partial charge in [-0.1, -0.05) is 35.9 Å². The molecule has 3 rings (SSSR count). The van der Waals surface area contributed by atoms with Gasteiger partial charge in [0.25, 0.3) is 10.0 Å². The zero-order chi connectivity index (χ0) is 25.6. The number of aryl methyl sites for hydroxylation is 1. The number of carbonyl (C=O) groups excluding carboxylic acids is 1. The minimum Gasteiger partial charge on any atom is -0.326 e. The molecule has 0 radical (unpaired) electrons. The molecular weight excluding hydrogens is 510 g/mol. The fourth-order valence-electron chi connectivity index (χ4n) is 3.33. The molecule has 186 valence electrons. The highest BCUT2D eigenvalue weighted by Crippen LogP contribution is 2.23. The Morgan fingerprint density at radius 1 is 0.943 bits per heavy atom. The molecular formula is C24H26ClN3O5S2. The number of benzene rings is 3. The van der Waals surface area contributed by atoms with E-state index >= 15 is 0 Å². The summed E-state index contributed by atoms with van der Waals surface area (Å²) in [5, 5.41) is 3.11. The van der Waals surface area contributed by atoms with Crippen LogP contribution < -0.4 is 14.3 Å². The van der Waals surface area contributed by atoms with Crippen molar-refractivity contribution in [1.82, 2.24) is 0 Å². The van der Waals surface area contributed by atoms with Gasteiger partial charge in [-0.3, -0.25) is 13.8 Å². The van der Waals surface area contributed by atoms with Gasteiger partial charge in [0.15, 0.2) is 0 Å². The predicted molar refractivity (Wildman–Crippen MR) is 140 cm³/mol. The van der Waals surface area contributed by atoms with E-state index in [1.165, 1.54) is 28.6 Å². The summed E-state index contributed by atoms with van der Waals surface area (Å²) in [6.07, 6.45) is 1.44. The zero-order valence-electron chi connectivity index (χ0n) is 19.2. The number of anilines is 3. The summed E-state index contributed by atoms with van der Waals surface area (Å²) in [6, 6.07) is 19.3. The van der Waals surface area contributed by atoms with Crippen molar-refractivity contribution in [2.24, 2.45) is 0 Å². The highest BCUT2D eigenvalue weighted by Gasteiger charge is 2.18. The summed E-state index contributed by atoms with van der Waals surface area (Å²) in [4.78, 5) is 12.4. The van der Waals surface area contributed by atoms with Gasteiger partial charge in [-0.15, -0.1) is 0 Å². The Labute approximate surface area is 211 Å². The molecule has 0 aliphatic heterocycles. The first-order valence-corrected chi connectivity index (χ1v) is 14.4. The monoisotopic (exact) mass is 535 g/mol.